The number of imide groups is 1. The van der Waals surface area contributed by atoms with Gasteiger partial charge in [-0.25, -0.2) is 22.2 Å². The van der Waals surface area contributed by atoms with Crippen molar-refractivity contribution in [3.63, 3.8) is 0 Å². The van der Waals surface area contributed by atoms with Crippen LogP contribution in [-0.2, 0) is 54.8 Å². The van der Waals surface area contributed by atoms with Crippen molar-refractivity contribution < 1.29 is 60.1 Å². The summed E-state index contributed by atoms with van der Waals surface area (Å²) in [6.45, 7) is 5.84. The van der Waals surface area contributed by atoms with Crippen LogP contribution in [0.3, 0.4) is 0 Å². The smallest absolute Gasteiger partial charge is 0.267 e. The quantitative estimate of drug-likeness (QED) is 0.0455. The number of nitrogens with zero attached hydrogens (tertiary/aromatic N) is 6. The van der Waals surface area contributed by atoms with E-state index in [0.29, 0.717) is 34.0 Å². The number of carbonyl (C=O) groups excluding carboxylic acids is 5. The lowest BCUT2D eigenvalue weighted by atomic mass is 9.99. The molecule has 3 N–H and O–H groups in total. The second-order valence-electron chi connectivity index (χ2n) is 17.5. The van der Waals surface area contributed by atoms with Gasteiger partial charge in [0.1, 0.15) is 34.3 Å². The summed E-state index contributed by atoms with van der Waals surface area (Å²) in [6, 6.07) is 16.9. The first-order chi connectivity index (χ1) is 36.5. The molecule has 2 atom stereocenters. The zero-order chi connectivity index (χ0) is 54.4. The van der Waals surface area contributed by atoms with E-state index in [-0.39, 0.29) is 81.9 Å². The van der Waals surface area contributed by atoms with E-state index in [2.05, 4.69) is 36.1 Å². The van der Waals surface area contributed by atoms with Crippen LogP contribution in [0.5, 0.6) is 5.88 Å². The third kappa shape index (κ3) is 14.2. The summed E-state index contributed by atoms with van der Waals surface area (Å²) < 4.78 is 81.5. The van der Waals surface area contributed by atoms with Gasteiger partial charge in [-0.2, -0.15) is 10.2 Å². The van der Waals surface area contributed by atoms with Gasteiger partial charge in [-0.15, -0.1) is 0 Å². The molecule has 398 valence electrons. The molecule has 6 aromatic rings. The van der Waals surface area contributed by atoms with Gasteiger partial charge >= 0.3 is 0 Å². The molecule has 3 aromatic carbocycles. The van der Waals surface area contributed by atoms with Crippen LogP contribution in [0, 0.1) is 17.6 Å². The zero-order valence-corrected chi connectivity index (χ0v) is 42.7. The average molecular weight is 1060 g/mol. The Morgan fingerprint density at radius 2 is 1.43 bits per heavy atom. The van der Waals surface area contributed by atoms with Gasteiger partial charge < -0.3 is 34.9 Å². The summed E-state index contributed by atoms with van der Waals surface area (Å²) in [5.41, 5.74) is 4.00. The normalized spacial score (nSPS) is 13.2. The molecule has 0 aliphatic carbocycles. The van der Waals surface area contributed by atoms with E-state index < -0.39 is 62.9 Å². The number of anilines is 2. The number of benzene rings is 3. The van der Waals surface area contributed by atoms with Crippen molar-refractivity contribution in [3.05, 3.63) is 133 Å². The number of amides is 5. The molecule has 3 aromatic heterocycles. The van der Waals surface area contributed by atoms with Crippen molar-refractivity contribution in [1.82, 2.24) is 35.7 Å². The van der Waals surface area contributed by atoms with Gasteiger partial charge in [0.25, 0.3) is 21.8 Å². The summed E-state index contributed by atoms with van der Waals surface area (Å²) in [5.74, 6) is -5.14. The number of rotatable bonds is 26. The minimum absolute atomic E-state index is 0.0470. The van der Waals surface area contributed by atoms with Crippen molar-refractivity contribution in [2.24, 2.45) is 5.92 Å². The number of pyridine rings is 2. The average Bonchev–Trinajstić information content (AvgIpc) is 3.74. The molecule has 20 nitrogen and oxygen atoms in total. The van der Waals surface area contributed by atoms with Crippen LogP contribution in [0.25, 0.3) is 33.2 Å². The van der Waals surface area contributed by atoms with Crippen LogP contribution in [0.1, 0.15) is 32.8 Å². The molecule has 0 fully saturated rings. The van der Waals surface area contributed by atoms with Gasteiger partial charge in [-0.1, -0.05) is 32.0 Å². The number of sulfonamides is 1. The van der Waals surface area contributed by atoms with Crippen LogP contribution >= 0.6 is 0 Å². The van der Waals surface area contributed by atoms with E-state index in [1.54, 1.807) is 56.7 Å². The minimum atomic E-state index is -4.81. The predicted molar refractivity (Wildman–Crippen MR) is 275 cm³/mol. The van der Waals surface area contributed by atoms with Crippen LogP contribution < -0.4 is 25.0 Å². The van der Waals surface area contributed by atoms with E-state index in [1.165, 1.54) is 44.5 Å². The fourth-order valence-corrected chi connectivity index (χ4v) is 9.33. The fourth-order valence-electron chi connectivity index (χ4n) is 7.84. The molecule has 1 aliphatic heterocycles. The van der Waals surface area contributed by atoms with E-state index in [4.69, 9.17) is 18.9 Å². The van der Waals surface area contributed by atoms with E-state index in [9.17, 15) is 36.8 Å². The Morgan fingerprint density at radius 1 is 0.724 bits per heavy atom. The molecule has 0 saturated heterocycles. The first-order valence-electron chi connectivity index (χ1n) is 24.0. The lowest BCUT2D eigenvalue weighted by molar-refractivity contribution is -0.137. The Balaban J connectivity index is 0.959. The Morgan fingerprint density at radius 3 is 2.11 bits per heavy atom. The van der Waals surface area contributed by atoms with Gasteiger partial charge in [-0.3, -0.25) is 38.2 Å². The van der Waals surface area contributed by atoms with Crippen molar-refractivity contribution in [2.75, 3.05) is 62.9 Å². The molecule has 0 bridgehead atoms. The standard InChI is InChI=1S/C53H55F2N9O11S/c1-33(2)50(62-47(65)17-21-73-23-25-75-26-24-74-22-20-63-48(66)13-14-49(63)67)52(69)60-34(3)51(68)61-40-9-5-35(6-10-40)32-64(76(70,71)46-12-8-39(54)29-43(46)55)45-28-38(30-57-53(45)72-4)36-7-11-44-42(27-36)41(16-18-56-44)37-15-19-58-59-31-37/h5-16,18-19,27-31,33-34,50H,17,20-26,32H2,1-4H3,(H,60,69)(H,61,68)(H,62,65)/t34-,50-/m0/s1. The van der Waals surface area contributed by atoms with Crippen LogP contribution in [0.4, 0.5) is 20.2 Å². The van der Waals surface area contributed by atoms with Crippen LogP contribution in [-0.4, -0.2) is 128 Å². The maximum Gasteiger partial charge on any atom is 0.267 e. The highest BCUT2D eigenvalue weighted by atomic mass is 32.2. The number of ether oxygens (including phenoxy) is 4. The highest BCUT2D eigenvalue weighted by Gasteiger charge is 2.32. The van der Waals surface area contributed by atoms with E-state index in [1.807, 2.05) is 24.3 Å². The fraction of sp³-hybridized carbons (Fsp3) is 0.302. The number of aromatic nitrogens is 4. The van der Waals surface area contributed by atoms with Crippen molar-refractivity contribution in [3.8, 4) is 28.1 Å². The number of hydrogen-bond donors (Lipinski definition) is 3. The third-order valence-corrected chi connectivity index (χ3v) is 13.7. The summed E-state index contributed by atoms with van der Waals surface area (Å²) >= 11 is 0. The third-order valence-electron chi connectivity index (χ3n) is 11.9. The molecular formula is C53H55F2N9O11S. The SMILES string of the molecule is COc1ncc(-c2ccc3nccc(-c4ccnnc4)c3c2)cc1N(Cc1ccc(NC(=O)[C@H](C)NC(=O)[C@@H](NC(=O)CCOCCOCCOCCN2C(=O)C=CC2=O)C(C)C)cc1)S(=O)(=O)c1ccc(F)cc1F. The van der Waals surface area contributed by atoms with E-state index in [0.717, 1.165) is 37.9 Å². The topological polar surface area (TPSA) is 251 Å². The van der Waals surface area contributed by atoms with Gasteiger partial charge in [0.15, 0.2) is 0 Å². The monoisotopic (exact) mass is 1060 g/mol. The molecule has 23 heteroatoms. The summed E-state index contributed by atoms with van der Waals surface area (Å²) in [4.78, 5) is 71.9. The first-order valence-corrected chi connectivity index (χ1v) is 25.4. The number of fused-ring (bicyclic) bond motifs is 1. The largest absolute Gasteiger partial charge is 0.479 e. The minimum Gasteiger partial charge on any atom is -0.479 e. The van der Waals surface area contributed by atoms with Gasteiger partial charge in [0.2, 0.25) is 23.6 Å². The second-order valence-corrected chi connectivity index (χ2v) is 19.3. The van der Waals surface area contributed by atoms with Crippen molar-refractivity contribution in [2.45, 2.75) is 50.7 Å². The molecule has 4 heterocycles. The van der Waals surface area contributed by atoms with Gasteiger partial charge in [0.05, 0.1) is 77.8 Å². The molecular weight excluding hydrogens is 1010 g/mol. The lowest BCUT2D eigenvalue weighted by Crippen LogP contribution is -2.53. The van der Waals surface area contributed by atoms with Crippen molar-refractivity contribution >= 4 is 61.8 Å². The van der Waals surface area contributed by atoms with Crippen LogP contribution in [0.15, 0.2) is 121 Å². The Bertz CT molecular complexity index is 3190. The van der Waals surface area contributed by atoms with Gasteiger partial charge in [-0.05, 0) is 84.1 Å². The number of nitrogens with one attached hydrogen (secondary N) is 3. The van der Waals surface area contributed by atoms with E-state index >= 15 is 4.39 Å². The Labute approximate surface area is 436 Å². The molecule has 0 spiro atoms. The zero-order valence-electron chi connectivity index (χ0n) is 41.9. The highest BCUT2D eigenvalue weighted by Crippen LogP contribution is 2.38. The highest BCUT2D eigenvalue weighted by molar-refractivity contribution is 7.92. The Kier molecular flexibility index (Phi) is 19.0. The Hall–Kier alpha value is -8.12. The lowest BCUT2D eigenvalue weighted by Gasteiger charge is -2.26. The number of hydrogen-bond acceptors (Lipinski definition) is 15. The molecule has 0 saturated carbocycles. The van der Waals surface area contributed by atoms with Crippen molar-refractivity contribution in [1.29, 1.82) is 0 Å². The summed E-state index contributed by atoms with van der Waals surface area (Å²) in [5, 5.41) is 16.7. The van der Waals surface area contributed by atoms with Crippen LogP contribution in [0.2, 0.25) is 0 Å². The molecule has 1 aliphatic rings. The summed E-state index contributed by atoms with van der Waals surface area (Å²) in [6.07, 6.45) is 8.74. The maximum absolute atomic E-state index is 15.4. The molecule has 7 rings (SSSR count). The molecule has 0 unspecified atom stereocenters. The predicted octanol–water partition coefficient (Wildman–Crippen LogP) is 5.39. The molecule has 76 heavy (non-hydrogen) atoms. The van der Waals surface area contributed by atoms with Gasteiger partial charge in [0, 0.05) is 59.2 Å². The maximum atomic E-state index is 15.4. The number of carbonyl (C=O) groups is 5. The summed E-state index contributed by atoms with van der Waals surface area (Å²) in [7, 11) is -3.51. The number of methoxy groups -OCH3 is 1. The second kappa shape index (κ2) is 25.9. The number of halogens is 2. The molecule has 5 amide bonds. The first kappa shape index (κ1) is 55.6. The molecule has 0 radical (unpaired) electrons.